The van der Waals surface area contributed by atoms with E-state index in [2.05, 4.69) is 0 Å². The van der Waals surface area contributed by atoms with Crippen LogP contribution in [-0.2, 0) is 4.79 Å². The zero-order valence-electron chi connectivity index (χ0n) is 5.67. The van der Waals surface area contributed by atoms with Crippen LogP contribution in [0.3, 0.4) is 0 Å². The predicted octanol–water partition coefficient (Wildman–Crippen LogP) is 0.905. The highest BCUT2D eigenvalue weighted by atomic mass is 19.1. The standard InChI is InChI=1S/C7H8FNO/c1-9-3-6(8)4-2-5(4)7(9)10/h3-5H,2H2,1H3. The van der Waals surface area contributed by atoms with Crippen LogP contribution in [0.2, 0.25) is 0 Å². The second-order valence-electron chi connectivity index (χ2n) is 2.91. The van der Waals surface area contributed by atoms with Gasteiger partial charge in [-0.3, -0.25) is 4.79 Å². The Bertz CT molecular complexity index is 224. The zero-order valence-corrected chi connectivity index (χ0v) is 5.67. The van der Waals surface area contributed by atoms with E-state index in [1.807, 2.05) is 0 Å². The number of hydrogen-bond acceptors (Lipinski definition) is 1. The molecule has 2 nitrogen and oxygen atoms in total. The van der Waals surface area contributed by atoms with E-state index in [4.69, 9.17) is 0 Å². The third kappa shape index (κ3) is 0.602. The molecule has 0 aromatic carbocycles. The van der Waals surface area contributed by atoms with E-state index >= 15 is 0 Å². The predicted molar refractivity (Wildman–Crippen MR) is 33.6 cm³/mol. The first-order chi connectivity index (χ1) is 4.70. The summed E-state index contributed by atoms with van der Waals surface area (Å²) in [6.07, 6.45) is 2.00. The summed E-state index contributed by atoms with van der Waals surface area (Å²) in [7, 11) is 1.59. The second-order valence-corrected chi connectivity index (χ2v) is 2.91. The lowest BCUT2D eigenvalue weighted by Crippen LogP contribution is -2.26. The van der Waals surface area contributed by atoms with Crippen molar-refractivity contribution in [2.24, 2.45) is 11.8 Å². The van der Waals surface area contributed by atoms with Gasteiger partial charge in [-0.25, -0.2) is 4.39 Å². The molecule has 1 aliphatic carbocycles. The molecule has 2 rings (SSSR count). The van der Waals surface area contributed by atoms with Crippen LogP contribution >= 0.6 is 0 Å². The molecular formula is C7H8FNO. The molecule has 0 bridgehead atoms. The van der Waals surface area contributed by atoms with E-state index in [9.17, 15) is 9.18 Å². The summed E-state index contributed by atoms with van der Waals surface area (Å²) in [5, 5.41) is 0. The van der Waals surface area contributed by atoms with Crippen LogP contribution in [0.5, 0.6) is 0 Å². The molecule has 1 amide bonds. The Balaban J connectivity index is 2.30. The molecule has 0 N–H and O–H groups in total. The Labute approximate surface area is 58.3 Å². The summed E-state index contributed by atoms with van der Waals surface area (Å²) < 4.78 is 12.7. The Hall–Kier alpha value is -0.860. The Kier molecular flexibility index (Phi) is 0.938. The maximum atomic E-state index is 12.7. The smallest absolute Gasteiger partial charge is 0.230 e. The van der Waals surface area contributed by atoms with Crippen LogP contribution in [-0.4, -0.2) is 17.9 Å². The Morgan fingerprint density at radius 1 is 1.70 bits per heavy atom. The van der Waals surface area contributed by atoms with Crippen LogP contribution in [0.25, 0.3) is 0 Å². The molecular weight excluding hydrogens is 133 g/mol. The van der Waals surface area contributed by atoms with Crippen molar-refractivity contribution in [3.05, 3.63) is 12.0 Å². The average Bonchev–Trinajstić information content (AvgIpc) is 2.61. The SMILES string of the molecule is CN1C=C(F)C2CC2C1=O. The molecule has 3 heteroatoms. The van der Waals surface area contributed by atoms with E-state index in [1.165, 1.54) is 11.1 Å². The van der Waals surface area contributed by atoms with Crippen LogP contribution in [0.4, 0.5) is 4.39 Å². The zero-order chi connectivity index (χ0) is 7.30. The second kappa shape index (κ2) is 1.59. The maximum absolute atomic E-state index is 12.7. The first-order valence-electron chi connectivity index (χ1n) is 3.34. The fourth-order valence-corrected chi connectivity index (χ4v) is 1.38. The monoisotopic (exact) mass is 141 g/mol. The summed E-state index contributed by atoms with van der Waals surface area (Å²) >= 11 is 0. The number of carbonyl (C=O) groups is 1. The van der Waals surface area contributed by atoms with Crippen molar-refractivity contribution >= 4 is 5.91 Å². The molecule has 0 aromatic rings. The van der Waals surface area contributed by atoms with Crippen molar-refractivity contribution in [1.82, 2.24) is 4.90 Å². The molecule has 1 aliphatic heterocycles. The largest absolute Gasteiger partial charge is 0.319 e. The third-order valence-electron chi connectivity index (χ3n) is 2.13. The molecule has 0 saturated heterocycles. The number of hydrogen-bond donors (Lipinski definition) is 0. The van der Waals surface area contributed by atoms with E-state index in [0.29, 0.717) is 6.42 Å². The lowest BCUT2D eigenvalue weighted by Gasteiger charge is -2.15. The van der Waals surface area contributed by atoms with Crippen LogP contribution in [0.1, 0.15) is 6.42 Å². The summed E-state index contributed by atoms with van der Waals surface area (Å²) in [5.41, 5.74) is 0. The van der Waals surface area contributed by atoms with Crippen molar-refractivity contribution in [3.63, 3.8) is 0 Å². The quantitative estimate of drug-likeness (QED) is 0.491. The highest BCUT2D eigenvalue weighted by Crippen LogP contribution is 2.48. The highest BCUT2D eigenvalue weighted by molar-refractivity contribution is 5.84. The molecule has 1 fully saturated rings. The first kappa shape index (κ1) is 5.89. The van der Waals surface area contributed by atoms with Crippen LogP contribution < -0.4 is 0 Å². The van der Waals surface area contributed by atoms with Gasteiger partial charge in [0.05, 0.1) is 0 Å². The molecule has 2 atom stereocenters. The number of carbonyl (C=O) groups excluding carboxylic acids is 1. The number of nitrogens with zero attached hydrogens (tertiary/aromatic N) is 1. The van der Waals surface area contributed by atoms with E-state index in [1.54, 1.807) is 7.05 Å². The van der Waals surface area contributed by atoms with E-state index < -0.39 is 0 Å². The van der Waals surface area contributed by atoms with Crippen molar-refractivity contribution in [2.75, 3.05) is 7.05 Å². The average molecular weight is 141 g/mol. The van der Waals surface area contributed by atoms with Gasteiger partial charge in [0.1, 0.15) is 5.83 Å². The molecule has 54 valence electrons. The highest BCUT2D eigenvalue weighted by Gasteiger charge is 2.49. The van der Waals surface area contributed by atoms with Gasteiger partial charge in [-0.05, 0) is 6.42 Å². The van der Waals surface area contributed by atoms with Gasteiger partial charge in [0.2, 0.25) is 5.91 Å². The van der Waals surface area contributed by atoms with E-state index in [-0.39, 0.29) is 23.6 Å². The molecule has 2 unspecified atom stereocenters. The van der Waals surface area contributed by atoms with Crippen molar-refractivity contribution in [1.29, 1.82) is 0 Å². The molecule has 0 radical (unpaired) electrons. The van der Waals surface area contributed by atoms with Gasteiger partial charge in [0, 0.05) is 25.1 Å². The first-order valence-corrected chi connectivity index (χ1v) is 3.34. The summed E-state index contributed by atoms with van der Waals surface area (Å²) in [5.74, 6) is -0.169. The molecule has 10 heavy (non-hydrogen) atoms. The van der Waals surface area contributed by atoms with Crippen LogP contribution in [0.15, 0.2) is 12.0 Å². The topological polar surface area (TPSA) is 20.3 Å². The fraction of sp³-hybridized carbons (Fsp3) is 0.571. The van der Waals surface area contributed by atoms with Crippen molar-refractivity contribution in [2.45, 2.75) is 6.42 Å². The molecule has 2 aliphatic rings. The summed E-state index contributed by atoms with van der Waals surface area (Å²) in [6.45, 7) is 0. The fourth-order valence-electron chi connectivity index (χ4n) is 1.38. The lowest BCUT2D eigenvalue weighted by atomic mass is 10.2. The van der Waals surface area contributed by atoms with Crippen LogP contribution in [0, 0.1) is 11.8 Å². The summed E-state index contributed by atoms with van der Waals surface area (Å²) in [6, 6.07) is 0. The normalized spacial score (nSPS) is 37.2. The lowest BCUT2D eigenvalue weighted by molar-refractivity contribution is -0.129. The molecule has 0 aromatic heterocycles. The van der Waals surface area contributed by atoms with Gasteiger partial charge >= 0.3 is 0 Å². The van der Waals surface area contributed by atoms with Gasteiger partial charge in [-0.1, -0.05) is 0 Å². The van der Waals surface area contributed by atoms with Crippen molar-refractivity contribution in [3.8, 4) is 0 Å². The number of amides is 1. The van der Waals surface area contributed by atoms with Gasteiger partial charge in [0.25, 0.3) is 0 Å². The molecule has 1 heterocycles. The van der Waals surface area contributed by atoms with E-state index in [0.717, 1.165) is 0 Å². The number of fused-ring (bicyclic) bond motifs is 1. The van der Waals surface area contributed by atoms with Gasteiger partial charge < -0.3 is 4.90 Å². The Morgan fingerprint density at radius 3 is 3.10 bits per heavy atom. The number of halogens is 1. The molecule has 1 saturated carbocycles. The number of rotatable bonds is 0. The molecule has 0 spiro atoms. The van der Waals surface area contributed by atoms with Gasteiger partial charge in [-0.2, -0.15) is 0 Å². The third-order valence-corrected chi connectivity index (χ3v) is 2.13. The maximum Gasteiger partial charge on any atom is 0.230 e. The minimum Gasteiger partial charge on any atom is -0.319 e. The minimum absolute atomic E-state index is 0.0324. The van der Waals surface area contributed by atoms with Gasteiger partial charge in [-0.15, -0.1) is 0 Å². The Morgan fingerprint density at radius 2 is 2.40 bits per heavy atom. The summed E-state index contributed by atoms with van der Waals surface area (Å²) in [4.78, 5) is 12.4. The van der Waals surface area contributed by atoms with Crippen molar-refractivity contribution < 1.29 is 9.18 Å². The van der Waals surface area contributed by atoms with Gasteiger partial charge in [0.15, 0.2) is 0 Å². The number of allylic oxidation sites excluding steroid dienone is 1. The minimum atomic E-state index is -0.132.